The Bertz CT molecular complexity index is 748. The molecule has 0 heterocycles. The Hall–Kier alpha value is -2.62. The Morgan fingerprint density at radius 2 is 1.86 bits per heavy atom. The molecule has 2 N–H and O–H groups in total. The molecule has 0 aromatic heterocycles. The quantitative estimate of drug-likeness (QED) is 0.910. The van der Waals surface area contributed by atoms with Crippen LogP contribution in [0.3, 0.4) is 0 Å². The first-order valence-electron chi connectivity index (χ1n) is 7.30. The van der Waals surface area contributed by atoms with Gasteiger partial charge in [-0.3, -0.25) is 4.79 Å². The lowest BCUT2D eigenvalue weighted by Crippen LogP contribution is -2.25. The third-order valence-corrected chi connectivity index (χ3v) is 3.83. The fraction of sp³-hybridized carbons (Fsp3) is 0.222. The van der Waals surface area contributed by atoms with Crippen molar-refractivity contribution in [1.29, 1.82) is 0 Å². The summed E-state index contributed by atoms with van der Waals surface area (Å²) in [7, 11) is 0. The van der Waals surface area contributed by atoms with E-state index in [1.54, 1.807) is 37.3 Å². The fourth-order valence-corrected chi connectivity index (χ4v) is 2.52. The summed E-state index contributed by atoms with van der Waals surface area (Å²) in [6.07, 6.45) is 2.07. The fourth-order valence-electron chi connectivity index (χ4n) is 2.52. The number of hydrogen-bond donors (Lipinski definition) is 2. The molecule has 4 nitrogen and oxygen atoms in total. The van der Waals surface area contributed by atoms with Crippen molar-refractivity contribution in [3.63, 3.8) is 0 Å². The number of aromatic carboxylic acids is 1. The van der Waals surface area contributed by atoms with Crippen LogP contribution in [0.2, 0.25) is 0 Å². The molecule has 0 radical (unpaired) electrons. The number of carbonyl (C=O) groups is 2. The summed E-state index contributed by atoms with van der Waals surface area (Å²) >= 11 is 0. The summed E-state index contributed by atoms with van der Waals surface area (Å²) in [4.78, 5) is 23.6. The molecule has 4 heteroatoms. The van der Waals surface area contributed by atoms with Crippen molar-refractivity contribution < 1.29 is 14.7 Å². The zero-order valence-electron chi connectivity index (χ0n) is 12.3. The Labute approximate surface area is 128 Å². The molecule has 0 saturated heterocycles. The van der Waals surface area contributed by atoms with Gasteiger partial charge >= 0.3 is 5.97 Å². The highest BCUT2D eigenvalue weighted by atomic mass is 16.4. The minimum Gasteiger partial charge on any atom is -0.478 e. The van der Waals surface area contributed by atoms with Gasteiger partial charge in [0.05, 0.1) is 5.56 Å². The van der Waals surface area contributed by atoms with Crippen LogP contribution in [-0.4, -0.2) is 23.0 Å². The molecule has 112 valence electrons. The summed E-state index contributed by atoms with van der Waals surface area (Å²) in [6.45, 7) is 1.77. The zero-order chi connectivity index (χ0) is 15.7. The zero-order valence-corrected chi connectivity index (χ0v) is 12.3. The maximum atomic E-state index is 12.1. The highest BCUT2D eigenvalue weighted by molar-refractivity contribution is 5.99. The van der Waals surface area contributed by atoms with Crippen LogP contribution in [0.4, 0.5) is 0 Å². The third-order valence-electron chi connectivity index (χ3n) is 3.83. The smallest absolute Gasteiger partial charge is 0.336 e. The van der Waals surface area contributed by atoms with Gasteiger partial charge in [-0.2, -0.15) is 0 Å². The second-order valence-electron chi connectivity index (χ2n) is 5.63. The van der Waals surface area contributed by atoms with Crippen molar-refractivity contribution >= 4 is 11.9 Å². The molecule has 2 aromatic rings. The van der Waals surface area contributed by atoms with E-state index in [9.17, 15) is 14.7 Å². The van der Waals surface area contributed by atoms with E-state index in [1.807, 2.05) is 12.1 Å². The summed E-state index contributed by atoms with van der Waals surface area (Å²) in [5.74, 6) is -1.06. The predicted molar refractivity (Wildman–Crippen MR) is 84.1 cm³/mol. The average molecular weight is 295 g/mol. The molecular formula is C18H17NO3. The second-order valence-corrected chi connectivity index (χ2v) is 5.63. The minimum absolute atomic E-state index is 0.103. The van der Waals surface area contributed by atoms with E-state index in [0.29, 0.717) is 22.7 Å². The molecule has 2 aromatic carbocycles. The summed E-state index contributed by atoms with van der Waals surface area (Å²) in [5.41, 5.74) is 2.92. The maximum absolute atomic E-state index is 12.1. The molecule has 0 unspecified atom stereocenters. The van der Waals surface area contributed by atoms with E-state index in [-0.39, 0.29) is 11.5 Å². The van der Waals surface area contributed by atoms with Gasteiger partial charge in [-0.1, -0.05) is 30.3 Å². The molecule has 1 aliphatic rings. The van der Waals surface area contributed by atoms with E-state index >= 15 is 0 Å². The van der Waals surface area contributed by atoms with E-state index in [4.69, 9.17) is 0 Å². The predicted octanol–water partition coefficient (Wildman–Crippen LogP) is 3.25. The van der Waals surface area contributed by atoms with Gasteiger partial charge in [-0.25, -0.2) is 4.79 Å². The molecule has 0 aliphatic heterocycles. The lowest BCUT2D eigenvalue weighted by molar-refractivity contribution is 0.0696. The molecular weight excluding hydrogens is 278 g/mol. The minimum atomic E-state index is -0.957. The first-order chi connectivity index (χ1) is 10.6. The van der Waals surface area contributed by atoms with Crippen LogP contribution in [0.15, 0.2) is 42.5 Å². The molecule has 0 atom stereocenters. The number of carboxylic acid groups (broad SMARTS) is 1. The highest BCUT2D eigenvalue weighted by Crippen LogP contribution is 2.27. The number of carboxylic acids is 1. The van der Waals surface area contributed by atoms with Gasteiger partial charge in [0, 0.05) is 11.6 Å². The van der Waals surface area contributed by atoms with Crippen molar-refractivity contribution in [3.8, 4) is 11.1 Å². The van der Waals surface area contributed by atoms with Gasteiger partial charge in [0.25, 0.3) is 5.91 Å². The van der Waals surface area contributed by atoms with Crippen LogP contribution < -0.4 is 5.32 Å². The molecule has 3 rings (SSSR count). The topological polar surface area (TPSA) is 66.4 Å². The van der Waals surface area contributed by atoms with Crippen molar-refractivity contribution in [2.45, 2.75) is 25.8 Å². The third kappa shape index (κ3) is 2.86. The van der Waals surface area contributed by atoms with Gasteiger partial charge < -0.3 is 10.4 Å². The molecule has 22 heavy (non-hydrogen) atoms. The Balaban J connectivity index is 2.00. The second kappa shape index (κ2) is 5.64. The SMILES string of the molecule is Cc1cccc(-c2cccc(C(=O)NC3CC3)c2)c1C(=O)O. The van der Waals surface area contributed by atoms with Crippen LogP contribution in [-0.2, 0) is 0 Å². The number of hydrogen-bond acceptors (Lipinski definition) is 2. The van der Waals surface area contributed by atoms with Gasteiger partial charge in [0.1, 0.15) is 0 Å². The number of rotatable bonds is 4. The van der Waals surface area contributed by atoms with Crippen LogP contribution in [0.1, 0.15) is 39.1 Å². The van der Waals surface area contributed by atoms with E-state index in [0.717, 1.165) is 18.4 Å². The van der Waals surface area contributed by atoms with E-state index in [1.165, 1.54) is 0 Å². The number of nitrogens with one attached hydrogen (secondary N) is 1. The molecule has 0 bridgehead atoms. The van der Waals surface area contributed by atoms with Gasteiger partial charge in [0.2, 0.25) is 0 Å². The van der Waals surface area contributed by atoms with E-state index in [2.05, 4.69) is 5.32 Å². The largest absolute Gasteiger partial charge is 0.478 e. The number of benzene rings is 2. The average Bonchev–Trinajstić information content (AvgIpc) is 3.30. The lowest BCUT2D eigenvalue weighted by Gasteiger charge is -2.10. The summed E-state index contributed by atoms with van der Waals surface area (Å²) in [5, 5.41) is 12.4. The van der Waals surface area contributed by atoms with Crippen LogP contribution >= 0.6 is 0 Å². The Morgan fingerprint density at radius 1 is 1.14 bits per heavy atom. The summed E-state index contributed by atoms with van der Waals surface area (Å²) in [6, 6.07) is 12.8. The van der Waals surface area contributed by atoms with Crippen LogP contribution in [0.5, 0.6) is 0 Å². The lowest BCUT2D eigenvalue weighted by atomic mass is 9.95. The molecule has 1 saturated carbocycles. The van der Waals surface area contributed by atoms with Gasteiger partial charge in [0.15, 0.2) is 0 Å². The van der Waals surface area contributed by atoms with Crippen molar-refractivity contribution in [2.24, 2.45) is 0 Å². The monoisotopic (exact) mass is 295 g/mol. The normalized spacial score (nSPS) is 13.7. The van der Waals surface area contributed by atoms with Crippen LogP contribution in [0.25, 0.3) is 11.1 Å². The molecule has 1 aliphatic carbocycles. The van der Waals surface area contributed by atoms with E-state index < -0.39 is 5.97 Å². The standard InChI is InChI=1S/C18H17NO3/c1-11-4-2-7-15(16(11)18(21)22)12-5-3-6-13(10-12)17(20)19-14-8-9-14/h2-7,10,14H,8-9H2,1H3,(H,19,20)(H,21,22). The molecule has 1 fully saturated rings. The Kier molecular flexibility index (Phi) is 3.67. The van der Waals surface area contributed by atoms with Gasteiger partial charge in [-0.05, 0) is 48.6 Å². The first kappa shape index (κ1) is 14.3. The van der Waals surface area contributed by atoms with Crippen molar-refractivity contribution in [1.82, 2.24) is 5.32 Å². The molecule has 1 amide bonds. The Morgan fingerprint density at radius 3 is 2.55 bits per heavy atom. The number of amides is 1. The van der Waals surface area contributed by atoms with Gasteiger partial charge in [-0.15, -0.1) is 0 Å². The van der Waals surface area contributed by atoms with Crippen LogP contribution in [0, 0.1) is 6.92 Å². The van der Waals surface area contributed by atoms with Crippen molar-refractivity contribution in [3.05, 3.63) is 59.2 Å². The molecule has 0 spiro atoms. The first-order valence-corrected chi connectivity index (χ1v) is 7.30. The number of carbonyl (C=O) groups excluding carboxylic acids is 1. The maximum Gasteiger partial charge on any atom is 0.336 e. The highest BCUT2D eigenvalue weighted by Gasteiger charge is 2.24. The number of aryl methyl sites for hydroxylation is 1. The summed E-state index contributed by atoms with van der Waals surface area (Å²) < 4.78 is 0. The van der Waals surface area contributed by atoms with Crippen molar-refractivity contribution in [2.75, 3.05) is 0 Å².